The molecule has 1 aromatic heterocycles. The third-order valence-electron chi connectivity index (χ3n) is 6.08. The van der Waals surface area contributed by atoms with Crippen LogP contribution in [0.15, 0.2) is 54.4 Å². The van der Waals surface area contributed by atoms with Gasteiger partial charge in [0.05, 0.1) is 17.2 Å². The highest BCUT2D eigenvalue weighted by atomic mass is 19.4. The highest BCUT2D eigenvalue weighted by molar-refractivity contribution is 5.50. The Morgan fingerprint density at radius 3 is 2.51 bits per heavy atom. The molecule has 3 rings (SSSR count). The average Bonchev–Trinajstić information content (AvgIpc) is 2.86. The van der Waals surface area contributed by atoms with E-state index in [1.165, 1.54) is 18.5 Å². The molecule has 198 valence electrons. The Balaban J connectivity index is 1.69. The van der Waals surface area contributed by atoms with Crippen LogP contribution in [0.2, 0.25) is 0 Å². The second kappa shape index (κ2) is 12.7. The number of nitrogen functional groups attached to an aromatic ring is 1. The van der Waals surface area contributed by atoms with E-state index in [2.05, 4.69) is 43.5 Å². The molecular formula is C27H33F3N6O. The van der Waals surface area contributed by atoms with Crippen molar-refractivity contribution in [1.82, 2.24) is 19.8 Å². The second-order valence-corrected chi connectivity index (χ2v) is 9.01. The van der Waals surface area contributed by atoms with Crippen LogP contribution in [0.3, 0.4) is 0 Å². The number of alkyl halides is 3. The molecule has 0 amide bonds. The zero-order valence-electron chi connectivity index (χ0n) is 21.4. The first kappa shape index (κ1) is 28.2. The molecule has 1 aliphatic heterocycles. The van der Waals surface area contributed by atoms with Crippen LogP contribution in [0.25, 0.3) is 0 Å². The summed E-state index contributed by atoms with van der Waals surface area (Å²) in [5, 5.41) is 2.99. The van der Waals surface area contributed by atoms with Crippen molar-refractivity contribution in [3.63, 3.8) is 0 Å². The number of ether oxygens (including phenoxy) is 1. The number of allylic oxidation sites excluding steroid dienone is 2. The van der Waals surface area contributed by atoms with Crippen molar-refractivity contribution >= 4 is 11.6 Å². The zero-order chi connectivity index (χ0) is 27.0. The molecule has 1 atom stereocenters. The number of nitrogens with zero attached hydrogens (tertiary/aromatic N) is 4. The molecule has 0 radical (unpaired) electrons. The van der Waals surface area contributed by atoms with Crippen LogP contribution in [0.5, 0.6) is 0 Å². The number of anilines is 2. The van der Waals surface area contributed by atoms with Crippen LogP contribution in [-0.2, 0) is 17.5 Å². The fourth-order valence-corrected chi connectivity index (χ4v) is 3.82. The molecule has 1 fully saturated rings. The zero-order valence-corrected chi connectivity index (χ0v) is 21.4. The van der Waals surface area contributed by atoms with Crippen LogP contribution < -0.4 is 11.1 Å². The van der Waals surface area contributed by atoms with Gasteiger partial charge in [0.15, 0.2) is 0 Å². The van der Waals surface area contributed by atoms with E-state index in [-0.39, 0.29) is 12.7 Å². The van der Waals surface area contributed by atoms with Crippen LogP contribution in [0.4, 0.5) is 24.8 Å². The molecule has 0 saturated carbocycles. The van der Waals surface area contributed by atoms with E-state index >= 15 is 0 Å². The normalized spacial score (nSPS) is 16.4. The molecule has 1 aliphatic rings. The van der Waals surface area contributed by atoms with Crippen molar-refractivity contribution in [1.29, 1.82) is 0 Å². The lowest BCUT2D eigenvalue weighted by Crippen LogP contribution is -2.43. The molecule has 10 heteroatoms. The minimum atomic E-state index is -4.44. The van der Waals surface area contributed by atoms with E-state index in [9.17, 15) is 13.2 Å². The predicted octanol–water partition coefficient (Wildman–Crippen LogP) is 4.15. The van der Waals surface area contributed by atoms with Gasteiger partial charge in [0.2, 0.25) is 5.95 Å². The number of benzene rings is 1. The summed E-state index contributed by atoms with van der Waals surface area (Å²) in [5.74, 6) is 6.21. The quantitative estimate of drug-likeness (QED) is 0.311. The lowest BCUT2D eigenvalue weighted by molar-refractivity contribution is -0.137. The van der Waals surface area contributed by atoms with Gasteiger partial charge < -0.3 is 20.7 Å². The summed E-state index contributed by atoms with van der Waals surface area (Å²) in [7, 11) is 2.04. The van der Waals surface area contributed by atoms with E-state index < -0.39 is 17.8 Å². The molecule has 2 heterocycles. The number of nitrogens with one attached hydrogen (secondary N) is 1. The monoisotopic (exact) mass is 514 g/mol. The van der Waals surface area contributed by atoms with Crippen molar-refractivity contribution < 1.29 is 17.9 Å². The number of aromatic nitrogens is 2. The molecule has 1 saturated heterocycles. The van der Waals surface area contributed by atoms with Crippen molar-refractivity contribution in [3.05, 3.63) is 71.1 Å². The van der Waals surface area contributed by atoms with E-state index in [1.54, 1.807) is 12.1 Å². The third kappa shape index (κ3) is 8.60. The maximum absolute atomic E-state index is 13.6. The molecule has 0 bridgehead atoms. The topological polar surface area (TPSA) is 79.5 Å². The standard InChI is InChI=1S/C27H33F3N6O/c1-5-19(2)25(7-6-21-15-32-26(31)33-16-21)20(3)37-18-34-24-13-22(12-23(14-24)27(28,29)30)17-36-10-8-35(4)9-11-36/h5,12-16,20,34H,1,8-11,17-18H2,2-4H3,(H2,31,32,33)/b25-19-/t20-/m0/s1. The van der Waals surface area contributed by atoms with Crippen LogP contribution in [-0.4, -0.2) is 65.8 Å². The van der Waals surface area contributed by atoms with Gasteiger partial charge in [-0.2, -0.15) is 13.2 Å². The van der Waals surface area contributed by atoms with E-state index in [0.717, 1.165) is 37.8 Å². The van der Waals surface area contributed by atoms with E-state index in [1.807, 2.05) is 20.9 Å². The second-order valence-electron chi connectivity index (χ2n) is 9.01. The van der Waals surface area contributed by atoms with Gasteiger partial charge in [-0.3, -0.25) is 4.90 Å². The van der Waals surface area contributed by atoms with Gasteiger partial charge in [-0.25, -0.2) is 9.97 Å². The molecule has 0 aliphatic carbocycles. The number of hydrogen-bond acceptors (Lipinski definition) is 7. The molecule has 0 unspecified atom stereocenters. The van der Waals surface area contributed by atoms with E-state index in [4.69, 9.17) is 10.5 Å². The van der Waals surface area contributed by atoms with Crippen molar-refractivity contribution in [2.24, 2.45) is 0 Å². The summed E-state index contributed by atoms with van der Waals surface area (Å²) in [6.07, 6.45) is -0.161. The van der Waals surface area contributed by atoms with Gasteiger partial charge in [0.25, 0.3) is 0 Å². The average molecular weight is 515 g/mol. The Bertz CT molecular complexity index is 1160. The largest absolute Gasteiger partial charge is 0.416 e. The van der Waals surface area contributed by atoms with Gasteiger partial charge in [-0.15, -0.1) is 0 Å². The van der Waals surface area contributed by atoms with Gasteiger partial charge in [-0.05, 0) is 50.2 Å². The molecule has 37 heavy (non-hydrogen) atoms. The Labute approximate surface area is 216 Å². The summed E-state index contributed by atoms with van der Waals surface area (Å²) in [5.41, 5.74) is 7.88. The van der Waals surface area contributed by atoms with Crippen molar-refractivity contribution in [2.45, 2.75) is 32.7 Å². The lowest BCUT2D eigenvalue weighted by Gasteiger charge is -2.32. The van der Waals surface area contributed by atoms with Crippen molar-refractivity contribution in [3.8, 4) is 11.8 Å². The van der Waals surface area contributed by atoms with Crippen LogP contribution in [0, 0.1) is 11.8 Å². The maximum atomic E-state index is 13.6. The van der Waals surface area contributed by atoms with Gasteiger partial charge >= 0.3 is 6.18 Å². The first-order chi connectivity index (χ1) is 17.5. The molecule has 3 N–H and O–H groups in total. The number of likely N-dealkylation sites (N-methyl/N-ethyl adjacent to an activating group) is 1. The Hall–Kier alpha value is -3.39. The molecular weight excluding hydrogens is 481 g/mol. The molecule has 2 aromatic rings. The first-order valence-corrected chi connectivity index (χ1v) is 12.0. The SMILES string of the molecule is C=C/C(C)=C(/C#Cc1cnc(N)nc1)[C@H](C)OCNc1cc(CN2CCN(C)CC2)cc(C(F)(F)F)c1. The number of hydrogen-bond donors (Lipinski definition) is 2. The third-order valence-corrected chi connectivity index (χ3v) is 6.08. The number of piperazine rings is 1. The minimum absolute atomic E-state index is 0.00297. The number of rotatable bonds is 8. The molecule has 1 aromatic carbocycles. The molecule has 0 spiro atoms. The van der Waals surface area contributed by atoms with Crippen LogP contribution >= 0.6 is 0 Å². The van der Waals surface area contributed by atoms with Crippen molar-refractivity contribution in [2.75, 3.05) is 51.0 Å². The summed E-state index contributed by atoms with van der Waals surface area (Å²) in [6, 6.07) is 4.07. The molecule has 7 nitrogen and oxygen atoms in total. The Morgan fingerprint density at radius 1 is 1.22 bits per heavy atom. The minimum Gasteiger partial charge on any atom is -0.368 e. The van der Waals surface area contributed by atoms with Gasteiger partial charge in [-0.1, -0.05) is 24.5 Å². The van der Waals surface area contributed by atoms with Crippen LogP contribution in [0.1, 0.15) is 30.5 Å². The number of halogens is 3. The van der Waals surface area contributed by atoms with Gasteiger partial charge in [0, 0.05) is 56.4 Å². The summed E-state index contributed by atoms with van der Waals surface area (Å²) in [4.78, 5) is 12.2. The summed E-state index contributed by atoms with van der Waals surface area (Å²) in [6.45, 7) is 11.4. The summed E-state index contributed by atoms with van der Waals surface area (Å²) >= 11 is 0. The first-order valence-electron chi connectivity index (χ1n) is 12.0. The Morgan fingerprint density at radius 2 is 1.89 bits per heavy atom. The lowest BCUT2D eigenvalue weighted by atomic mass is 10.0. The maximum Gasteiger partial charge on any atom is 0.416 e. The highest BCUT2D eigenvalue weighted by Gasteiger charge is 2.31. The highest BCUT2D eigenvalue weighted by Crippen LogP contribution is 2.32. The predicted molar refractivity (Wildman–Crippen MR) is 139 cm³/mol. The fourth-order valence-electron chi connectivity index (χ4n) is 3.82. The summed E-state index contributed by atoms with van der Waals surface area (Å²) < 4.78 is 46.6. The fraction of sp³-hybridized carbons (Fsp3) is 0.407. The number of nitrogens with two attached hydrogens (primary N) is 1. The van der Waals surface area contributed by atoms with Gasteiger partial charge in [0.1, 0.15) is 6.73 Å². The van der Waals surface area contributed by atoms with E-state index in [0.29, 0.717) is 28.9 Å². The smallest absolute Gasteiger partial charge is 0.368 e. The Kier molecular flexibility index (Phi) is 9.69.